The van der Waals surface area contributed by atoms with Crippen molar-refractivity contribution >= 4 is 18.0 Å². The lowest BCUT2D eigenvalue weighted by Gasteiger charge is -2.27. The Balaban J connectivity index is 4.08. The van der Waals surface area contributed by atoms with Crippen LogP contribution in [0.4, 0.5) is 9.59 Å². The van der Waals surface area contributed by atoms with E-state index >= 15 is 0 Å². The van der Waals surface area contributed by atoms with Gasteiger partial charge in [-0.25, -0.2) is 9.59 Å². The first-order chi connectivity index (χ1) is 14.7. The molecule has 0 aliphatic heterocycles. The van der Waals surface area contributed by atoms with Crippen LogP contribution in [0.15, 0.2) is 0 Å². The highest BCUT2D eigenvalue weighted by molar-refractivity contribution is 5.80. The summed E-state index contributed by atoms with van der Waals surface area (Å²) in [6.07, 6.45) is -0.961. The molecule has 0 aliphatic rings. The molecule has 0 aliphatic carbocycles. The number of hydrogen-bond acceptors (Lipinski definition) is 8. The highest BCUT2D eigenvalue weighted by atomic mass is 16.6. The van der Waals surface area contributed by atoms with Gasteiger partial charge in [0.15, 0.2) is 0 Å². The van der Waals surface area contributed by atoms with E-state index in [1.807, 2.05) is 11.8 Å². The Morgan fingerprint density at radius 2 is 1.12 bits per heavy atom. The number of ketones is 1. The highest BCUT2D eigenvalue weighted by Gasteiger charge is 2.18. The molecule has 2 N–H and O–H groups in total. The van der Waals surface area contributed by atoms with E-state index < -0.39 is 23.4 Å². The Kier molecular flexibility index (Phi) is 14.1. The molecule has 0 aromatic carbocycles. The Morgan fingerprint density at radius 3 is 1.44 bits per heavy atom. The Labute approximate surface area is 192 Å². The summed E-state index contributed by atoms with van der Waals surface area (Å²) in [4.78, 5) is 36.9. The maximum atomic E-state index is 11.8. The molecule has 0 radical (unpaired) electrons. The predicted molar refractivity (Wildman–Crippen MR) is 122 cm³/mol. The van der Waals surface area contributed by atoms with E-state index in [0.29, 0.717) is 52.6 Å². The van der Waals surface area contributed by atoms with E-state index in [1.54, 1.807) is 48.5 Å². The third-order valence-electron chi connectivity index (χ3n) is 4.01. The Bertz CT molecular complexity index is 531. The third-order valence-corrected chi connectivity index (χ3v) is 4.01. The summed E-state index contributed by atoms with van der Waals surface area (Å²) < 4.78 is 21.4. The van der Waals surface area contributed by atoms with E-state index in [-0.39, 0.29) is 11.8 Å². The van der Waals surface area contributed by atoms with Gasteiger partial charge in [-0.1, -0.05) is 0 Å². The second-order valence-corrected chi connectivity index (χ2v) is 9.40. The number of Topliss-reactive ketones (excluding diaryl/α,β-unsaturated/α-hetero) is 1. The molecule has 0 fully saturated rings. The highest BCUT2D eigenvalue weighted by Crippen LogP contribution is 2.07. The van der Waals surface area contributed by atoms with Gasteiger partial charge in [0.1, 0.15) is 17.0 Å². The van der Waals surface area contributed by atoms with Gasteiger partial charge >= 0.3 is 12.2 Å². The van der Waals surface area contributed by atoms with Crippen molar-refractivity contribution in [3.8, 4) is 0 Å². The number of alkyl carbamates (subject to hydrolysis) is 2. The number of nitrogens with zero attached hydrogens (tertiary/aromatic N) is 1. The van der Waals surface area contributed by atoms with Crippen molar-refractivity contribution in [1.82, 2.24) is 15.5 Å². The lowest BCUT2D eigenvalue weighted by atomic mass is 10.2. The fraction of sp³-hybridized carbons (Fsp3) is 0.864. The van der Waals surface area contributed by atoms with Crippen molar-refractivity contribution in [2.45, 2.75) is 72.6 Å². The van der Waals surface area contributed by atoms with Crippen LogP contribution in [0.5, 0.6) is 0 Å². The maximum absolute atomic E-state index is 11.8. The van der Waals surface area contributed by atoms with E-state index in [0.717, 1.165) is 0 Å². The van der Waals surface area contributed by atoms with Crippen molar-refractivity contribution in [1.29, 1.82) is 0 Å². The van der Waals surface area contributed by atoms with Gasteiger partial charge < -0.3 is 29.6 Å². The van der Waals surface area contributed by atoms with Crippen LogP contribution in [0.2, 0.25) is 0 Å². The number of nitrogens with one attached hydrogen (secondary N) is 2. The molecule has 0 spiro atoms. The standard InChI is InChI=1S/C22H43N3O7/c1-17(18(2)26)25(11-15-29-13-9-23-19(27)31-21(3,4)5)12-16-30-14-10-24-20(28)32-22(6,7)8/h17H,9-16H2,1-8H3,(H,23,27)(H,24,28)/t17-/m0/s1. The van der Waals surface area contributed by atoms with Crippen LogP contribution >= 0.6 is 0 Å². The molecule has 10 nitrogen and oxygen atoms in total. The summed E-state index contributed by atoms with van der Waals surface area (Å²) in [6, 6.07) is -0.262. The number of hydrogen-bond donors (Lipinski definition) is 2. The summed E-state index contributed by atoms with van der Waals surface area (Å²) in [7, 11) is 0. The molecule has 0 bridgehead atoms. The molecular weight excluding hydrogens is 418 g/mol. The second kappa shape index (κ2) is 15.0. The molecule has 0 aromatic heterocycles. The molecule has 188 valence electrons. The quantitative estimate of drug-likeness (QED) is 0.379. The average molecular weight is 462 g/mol. The zero-order chi connectivity index (χ0) is 24.8. The second-order valence-electron chi connectivity index (χ2n) is 9.40. The van der Waals surface area contributed by atoms with Crippen LogP contribution in [-0.4, -0.2) is 92.7 Å². The van der Waals surface area contributed by atoms with Crippen LogP contribution in [0, 0.1) is 0 Å². The fourth-order valence-electron chi connectivity index (χ4n) is 2.40. The van der Waals surface area contributed by atoms with Crippen LogP contribution in [0.1, 0.15) is 55.4 Å². The predicted octanol–water partition coefficient (Wildman–Crippen LogP) is 2.35. The zero-order valence-electron chi connectivity index (χ0n) is 21.0. The number of amides is 2. The summed E-state index contributed by atoms with van der Waals surface area (Å²) in [5.74, 6) is 0.0585. The molecule has 0 saturated heterocycles. The van der Waals surface area contributed by atoms with Crippen molar-refractivity contribution in [2.75, 3.05) is 52.6 Å². The van der Waals surface area contributed by atoms with E-state index in [9.17, 15) is 14.4 Å². The molecular formula is C22H43N3O7. The molecule has 0 unspecified atom stereocenters. The largest absolute Gasteiger partial charge is 0.444 e. The van der Waals surface area contributed by atoms with Gasteiger partial charge in [-0.3, -0.25) is 9.69 Å². The number of carbonyl (C=O) groups is 3. The van der Waals surface area contributed by atoms with Crippen LogP contribution in [0.25, 0.3) is 0 Å². The summed E-state index contributed by atoms with van der Waals surface area (Å²) >= 11 is 0. The lowest BCUT2D eigenvalue weighted by Crippen LogP contribution is -2.42. The van der Waals surface area contributed by atoms with Gasteiger partial charge in [0.05, 0.1) is 32.5 Å². The third kappa shape index (κ3) is 17.7. The minimum Gasteiger partial charge on any atom is -0.444 e. The first-order valence-corrected chi connectivity index (χ1v) is 11.0. The van der Waals surface area contributed by atoms with Crippen LogP contribution in [-0.2, 0) is 23.7 Å². The van der Waals surface area contributed by atoms with Gasteiger partial charge in [-0.15, -0.1) is 0 Å². The summed E-state index contributed by atoms with van der Waals surface area (Å²) in [6.45, 7) is 17.5. The molecule has 0 heterocycles. The molecule has 0 rings (SSSR count). The first kappa shape index (κ1) is 30.1. The van der Waals surface area contributed by atoms with Gasteiger partial charge in [-0.05, 0) is 55.4 Å². The molecule has 32 heavy (non-hydrogen) atoms. The minimum absolute atomic E-state index is 0.0585. The molecule has 10 heteroatoms. The zero-order valence-corrected chi connectivity index (χ0v) is 21.0. The normalized spacial score (nSPS) is 12.9. The lowest BCUT2D eigenvalue weighted by molar-refractivity contribution is -0.122. The summed E-state index contributed by atoms with van der Waals surface area (Å²) in [5, 5.41) is 5.26. The SMILES string of the molecule is CC(=O)[C@H](C)N(CCOCCNC(=O)OC(C)(C)C)CCOCCNC(=O)OC(C)(C)C. The number of ether oxygens (including phenoxy) is 4. The monoisotopic (exact) mass is 461 g/mol. The Morgan fingerprint density at radius 1 is 0.750 bits per heavy atom. The molecule has 2 amide bonds. The van der Waals surface area contributed by atoms with Crippen molar-refractivity contribution in [2.24, 2.45) is 0 Å². The van der Waals surface area contributed by atoms with Gasteiger partial charge in [-0.2, -0.15) is 0 Å². The first-order valence-electron chi connectivity index (χ1n) is 11.0. The average Bonchev–Trinajstić information content (AvgIpc) is 2.61. The van der Waals surface area contributed by atoms with E-state index in [4.69, 9.17) is 18.9 Å². The van der Waals surface area contributed by atoms with Crippen LogP contribution < -0.4 is 10.6 Å². The maximum Gasteiger partial charge on any atom is 0.407 e. The minimum atomic E-state index is -0.540. The smallest absolute Gasteiger partial charge is 0.407 e. The topological polar surface area (TPSA) is 115 Å². The Hall–Kier alpha value is -1.91. The van der Waals surface area contributed by atoms with Gasteiger partial charge in [0, 0.05) is 26.2 Å². The van der Waals surface area contributed by atoms with Crippen molar-refractivity contribution in [3.63, 3.8) is 0 Å². The summed E-state index contributed by atoms with van der Waals surface area (Å²) in [5.41, 5.74) is -1.08. The molecule has 1 atom stereocenters. The van der Waals surface area contributed by atoms with Gasteiger partial charge in [0.2, 0.25) is 0 Å². The number of carbonyl (C=O) groups excluding carboxylic acids is 3. The van der Waals surface area contributed by atoms with E-state index in [2.05, 4.69) is 10.6 Å². The van der Waals surface area contributed by atoms with Crippen molar-refractivity contribution in [3.05, 3.63) is 0 Å². The van der Waals surface area contributed by atoms with E-state index in [1.165, 1.54) is 0 Å². The molecule has 0 aromatic rings. The number of rotatable bonds is 14. The fourth-order valence-corrected chi connectivity index (χ4v) is 2.40. The molecule has 0 saturated carbocycles. The van der Waals surface area contributed by atoms with Gasteiger partial charge in [0.25, 0.3) is 0 Å². The van der Waals surface area contributed by atoms with Crippen molar-refractivity contribution < 1.29 is 33.3 Å². The van der Waals surface area contributed by atoms with Crippen LogP contribution in [0.3, 0.4) is 0 Å².